The molecule has 0 radical (unpaired) electrons. The van der Waals surface area contributed by atoms with E-state index in [0.29, 0.717) is 12.4 Å². The highest BCUT2D eigenvalue weighted by atomic mass is 16.5. The fourth-order valence-electron chi connectivity index (χ4n) is 2.85. The molecule has 2 amide bonds. The summed E-state index contributed by atoms with van der Waals surface area (Å²) in [6.45, 7) is 3.39. The Hall–Kier alpha value is -2.47. The van der Waals surface area contributed by atoms with Gasteiger partial charge < -0.3 is 15.4 Å². The van der Waals surface area contributed by atoms with Crippen LogP contribution in [0.1, 0.15) is 31.4 Å². The monoisotopic (exact) mass is 340 g/mol. The third kappa shape index (κ3) is 5.26. The number of aryl methyl sites for hydroxylation is 1. The van der Waals surface area contributed by atoms with Crippen LogP contribution in [0.4, 0.5) is 10.5 Å². The van der Waals surface area contributed by atoms with Gasteiger partial charge in [0.25, 0.3) is 0 Å². The molecule has 0 bridgehead atoms. The Bertz CT molecular complexity index is 697. The maximum atomic E-state index is 12.0. The van der Waals surface area contributed by atoms with Crippen LogP contribution in [0.2, 0.25) is 0 Å². The molecule has 1 unspecified atom stereocenters. The number of anilines is 1. The first-order chi connectivity index (χ1) is 12.2. The van der Waals surface area contributed by atoms with Crippen LogP contribution in [-0.2, 0) is 4.74 Å². The summed E-state index contributed by atoms with van der Waals surface area (Å²) in [5.41, 5.74) is 2.58. The predicted octanol–water partition coefficient (Wildman–Crippen LogP) is 3.53. The molecule has 1 saturated heterocycles. The van der Waals surface area contributed by atoms with E-state index in [2.05, 4.69) is 20.6 Å². The van der Waals surface area contributed by atoms with Crippen molar-refractivity contribution in [3.63, 3.8) is 0 Å². The van der Waals surface area contributed by atoms with Crippen LogP contribution in [0.5, 0.6) is 0 Å². The Morgan fingerprint density at radius 3 is 2.80 bits per heavy atom. The van der Waals surface area contributed by atoms with Crippen LogP contribution in [0, 0.1) is 6.92 Å². The fourth-order valence-corrected chi connectivity index (χ4v) is 2.85. The first-order valence-corrected chi connectivity index (χ1v) is 8.77. The normalized spacial score (nSPS) is 17.1. The van der Waals surface area contributed by atoms with E-state index in [9.17, 15) is 4.79 Å². The average Bonchev–Trinajstić information content (AvgIpc) is 2.63. The molecular formula is C19H24N4O2. The number of ether oxygens (including phenoxy) is 1. The van der Waals surface area contributed by atoms with Gasteiger partial charge in [-0.1, -0.05) is 0 Å². The molecule has 1 aromatic heterocycles. The highest BCUT2D eigenvalue weighted by Gasteiger charge is 2.13. The van der Waals surface area contributed by atoms with E-state index in [1.807, 2.05) is 37.3 Å². The van der Waals surface area contributed by atoms with Gasteiger partial charge in [0, 0.05) is 36.3 Å². The van der Waals surface area contributed by atoms with Crippen molar-refractivity contribution in [1.82, 2.24) is 15.3 Å². The molecule has 1 aliphatic heterocycles. The first-order valence-electron chi connectivity index (χ1n) is 8.77. The quantitative estimate of drug-likeness (QED) is 0.873. The summed E-state index contributed by atoms with van der Waals surface area (Å²) in [7, 11) is 0. The number of hydrogen-bond donors (Lipinski definition) is 2. The third-order valence-electron chi connectivity index (χ3n) is 4.22. The Balaban J connectivity index is 1.46. The summed E-state index contributed by atoms with van der Waals surface area (Å²) in [5.74, 6) is 0.684. The zero-order chi connectivity index (χ0) is 17.5. The van der Waals surface area contributed by atoms with Crippen molar-refractivity contribution in [1.29, 1.82) is 0 Å². The highest BCUT2D eigenvalue weighted by Crippen LogP contribution is 2.18. The van der Waals surface area contributed by atoms with E-state index in [-0.39, 0.29) is 12.1 Å². The number of carbonyl (C=O) groups is 1. The standard InChI is InChI=1S/C19H24N4O2/c1-14-9-11-20-18(22-14)15-5-7-16(8-6-15)23-19(24)21-12-10-17-4-2-3-13-25-17/h5-9,11,17H,2-4,10,12-13H2,1H3,(H2,21,23,24). The molecular weight excluding hydrogens is 316 g/mol. The summed E-state index contributed by atoms with van der Waals surface area (Å²) in [5, 5.41) is 5.72. The van der Waals surface area contributed by atoms with E-state index in [1.54, 1.807) is 6.20 Å². The molecule has 1 fully saturated rings. The fraction of sp³-hybridized carbons (Fsp3) is 0.421. The molecule has 1 atom stereocenters. The van der Waals surface area contributed by atoms with Gasteiger partial charge in [0.2, 0.25) is 0 Å². The first kappa shape index (κ1) is 17.4. The lowest BCUT2D eigenvalue weighted by molar-refractivity contribution is 0.0120. The molecule has 0 aliphatic carbocycles. The van der Waals surface area contributed by atoms with Crippen LogP contribution >= 0.6 is 0 Å². The number of nitrogens with zero attached hydrogens (tertiary/aromatic N) is 2. The molecule has 6 heteroatoms. The number of amides is 2. The van der Waals surface area contributed by atoms with Crippen molar-refractivity contribution >= 4 is 11.7 Å². The molecule has 0 saturated carbocycles. The lowest BCUT2D eigenvalue weighted by Crippen LogP contribution is -2.32. The maximum absolute atomic E-state index is 12.0. The maximum Gasteiger partial charge on any atom is 0.319 e. The molecule has 0 spiro atoms. The van der Waals surface area contributed by atoms with Crippen molar-refractivity contribution in [3.8, 4) is 11.4 Å². The van der Waals surface area contributed by atoms with Crippen molar-refractivity contribution in [2.24, 2.45) is 0 Å². The number of hydrogen-bond acceptors (Lipinski definition) is 4. The second kappa shape index (κ2) is 8.58. The van der Waals surface area contributed by atoms with Gasteiger partial charge in [-0.2, -0.15) is 0 Å². The molecule has 2 heterocycles. The Labute approximate surface area is 148 Å². The van der Waals surface area contributed by atoms with Crippen LogP contribution in [0.3, 0.4) is 0 Å². The summed E-state index contributed by atoms with van der Waals surface area (Å²) in [6, 6.07) is 9.17. The van der Waals surface area contributed by atoms with Gasteiger partial charge in [-0.05, 0) is 62.9 Å². The second-order valence-corrected chi connectivity index (χ2v) is 6.26. The van der Waals surface area contributed by atoms with Gasteiger partial charge in [0.15, 0.2) is 5.82 Å². The molecule has 132 valence electrons. The Morgan fingerprint density at radius 2 is 2.08 bits per heavy atom. The van der Waals surface area contributed by atoms with Crippen molar-refractivity contribution < 1.29 is 9.53 Å². The largest absolute Gasteiger partial charge is 0.378 e. The second-order valence-electron chi connectivity index (χ2n) is 6.26. The number of aromatic nitrogens is 2. The summed E-state index contributed by atoms with van der Waals surface area (Å²) in [6.07, 6.45) is 6.33. The third-order valence-corrected chi connectivity index (χ3v) is 4.22. The van der Waals surface area contributed by atoms with Crippen molar-refractivity contribution in [2.45, 2.75) is 38.7 Å². The van der Waals surface area contributed by atoms with Gasteiger partial charge in [-0.25, -0.2) is 14.8 Å². The average molecular weight is 340 g/mol. The van der Waals surface area contributed by atoms with Gasteiger partial charge >= 0.3 is 6.03 Å². The number of rotatable bonds is 5. The minimum atomic E-state index is -0.199. The van der Waals surface area contributed by atoms with Gasteiger partial charge in [-0.15, -0.1) is 0 Å². The summed E-state index contributed by atoms with van der Waals surface area (Å²) < 4.78 is 5.66. The number of benzene rings is 1. The van der Waals surface area contributed by atoms with Crippen LogP contribution in [0.25, 0.3) is 11.4 Å². The molecule has 1 aromatic carbocycles. The topological polar surface area (TPSA) is 76.1 Å². The molecule has 2 aromatic rings. The van der Waals surface area contributed by atoms with E-state index < -0.39 is 0 Å². The summed E-state index contributed by atoms with van der Waals surface area (Å²) in [4.78, 5) is 20.6. The van der Waals surface area contributed by atoms with E-state index in [1.165, 1.54) is 6.42 Å². The highest BCUT2D eigenvalue weighted by molar-refractivity contribution is 5.89. The van der Waals surface area contributed by atoms with Crippen molar-refractivity contribution in [2.75, 3.05) is 18.5 Å². The Kier molecular flexibility index (Phi) is 5.95. The number of nitrogens with one attached hydrogen (secondary N) is 2. The predicted molar refractivity (Wildman–Crippen MR) is 97.4 cm³/mol. The van der Waals surface area contributed by atoms with Crippen molar-refractivity contribution in [3.05, 3.63) is 42.2 Å². The Morgan fingerprint density at radius 1 is 1.24 bits per heavy atom. The summed E-state index contributed by atoms with van der Waals surface area (Å²) >= 11 is 0. The molecule has 1 aliphatic rings. The lowest BCUT2D eigenvalue weighted by Gasteiger charge is -2.22. The smallest absolute Gasteiger partial charge is 0.319 e. The minimum Gasteiger partial charge on any atom is -0.378 e. The van der Waals surface area contributed by atoms with Crippen LogP contribution < -0.4 is 10.6 Å². The zero-order valence-corrected chi connectivity index (χ0v) is 14.5. The van der Waals surface area contributed by atoms with E-state index in [0.717, 1.165) is 42.8 Å². The molecule has 3 rings (SSSR count). The number of carbonyl (C=O) groups excluding carboxylic acids is 1. The minimum absolute atomic E-state index is 0.199. The molecule has 2 N–H and O–H groups in total. The SMILES string of the molecule is Cc1ccnc(-c2ccc(NC(=O)NCCC3CCCCO3)cc2)n1. The van der Waals surface area contributed by atoms with Gasteiger partial charge in [0.05, 0.1) is 6.10 Å². The zero-order valence-electron chi connectivity index (χ0n) is 14.5. The van der Waals surface area contributed by atoms with Crippen LogP contribution in [0.15, 0.2) is 36.5 Å². The van der Waals surface area contributed by atoms with Gasteiger partial charge in [-0.3, -0.25) is 0 Å². The van der Waals surface area contributed by atoms with Crippen LogP contribution in [-0.4, -0.2) is 35.3 Å². The molecule has 25 heavy (non-hydrogen) atoms. The lowest BCUT2D eigenvalue weighted by atomic mass is 10.1. The van der Waals surface area contributed by atoms with E-state index >= 15 is 0 Å². The molecule has 6 nitrogen and oxygen atoms in total. The number of urea groups is 1. The van der Waals surface area contributed by atoms with E-state index in [4.69, 9.17) is 4.74 Å². The van der Waals surface area contributed by atoms with Gasteiger partial charge in [0.1, 0.15) is 0 Å².